The summed E-state index contributed by atoms with van der Waals surface area (Å²) in [6.45, 7) is 5.44. The zero-order valence-electron chi connectivity index (χ0n) is 12.1. The van der Waals surface area contributed by atoms with Crippen LogP contribution < -0.4 is 20.2 Å². The van der Waals surface area contributed by atoms with E-state index in [9.17, 15) is 0 Å². The number of hydrogen-bond acceptors (Lipinski definition) is 4. The fraction of sp³-hybridized carbons (Fsp3) is 0.429. The van der Waals surface area contributed by atoms with Gasteiger partial charge in [-0.25, -0.2) is 0 Å². The van der Waals surface area contributed by atoms with Crippen molar-refractivity contribution < 1.29 is 9.47 Å². The van der Waals surface area contributed by atoms with Gasteiger partial charge in [-0.15, -0.1) is 0 Å². The highest BCUT2D eigenvalue weighted by Crippen LogP contribution is 2.27. The van der Waals surface area contributed by atoms with Crippen LogP contribution in [0.4, 0.5) is 0 Å². The summed E-state index contributed by atoms with van der Waals surface area (Å²) in [5, 5.41) is 7.51. The van der Waals surface area contributed by atoms with Crippen molar-refractivity contribution in [1.29, 1.82) is 0 Å². The largest absolute Gasteiger partial charge is 0.493 e. The second-order valence-electron chi connectivity index (χ2n) is 3.99. The van der Waals surface area contributed by atoms with E-state index < -0.39 is 0 Å². The Labute approximate surface area is 125 Å². The standard InChI is InChI=1S/C14H21N3O2S/c1-4-8-19-13-9-11(6-7-12(13)18-3)10-16-17-14(20)15-5-2/h6-7,9-10H,4-5,8H2,1-3H3,(H2,15,17,20)/b16-10-. The Morgan fingerprint density at radius 3 is 2.80 bits per heavy atom. The molecule has 0 amide bonds. The zero-order valence-corrected chi connectivity index (χ0v) is 12.9. The smallest absolute Gasteiger partial charge is 0.186 e. The van der Waals surface area contributed by atoms with Gasteiger partial charge in [0.05, 0.1) is 19.9 Å². The molecule has 0 heterocycles. The molecule has 6 heteroatoms. The van der Waals surface area contributed by atoms with Crippen molar-refractivity contribution in [2.24, 2.45) is 5.10 Å². The van der Waals surface area contributed by atoms with Crippen molar-refractivity contribution in [2.75, 3.05) is 20.3 Å². The van der Waals surface area contributed by atoms with Gasteiger partial charge in [0.2, 0.25) is 0 Å². The Morgan fingerprint density at radius 1 is 1.35 bits per heavy atom. The molecule has 0 spiro atoms. The minimum absolute atomic E-state index is 0.500. The number of methoxy groups -OCH3 is 1. The maximum Gasteiger partial charge on any atom is 0.186 e. The number of benzene rings is 1. The highest BCUT2D eigenvalue weighted by atomic mass is 32.1. The molecule has 5 nitrogen and oxygen atoms in total. The number of nitrogens with zero attached hydrogens (tertiary/aromatic N) is 1. The van der Waals surface area contributed by atoms with E-state index in [1.807, 2.05) is 25.1 Å². The average Bonchev–Trinajstić information content (AvgIpc) is 2.45. The van der Waals surface area contributed by atoms with E-state index in [2.05, 4.69) is 22.8 Å². The Balaban J connectivity index is 2.70. The Hall–Kier alpha value is -1.82. The molecule has 0 aliphatic heterocycles. The lowest BCUT2D eigenvalue weighted by atomic mass is 10.2. The van der Waals surface area contributed by atoms with Gasteiger partial charge in [0.25, 0.3) is 0 Å². The molecule has 2 N–H and O–H groups in total. The van der Waals surface area contributed by atoms with Crippen LogP contribution in [0.5, 0.6) is 11.5 Å². The molecule has 0 saturated heterocycles. The van der Waals surface area contributed by atoms with Crippen molar-refractivity contribution in [3.63, 3.8) is 0 Å². The predicted octanol–water partition coefficient (Wildman–Crippen LogP) is 2.30. The third-order valence-electron chi connectivity index (χ3n) is 2.37. The van der Waals surface area contributed by atoms with E-state index in [4.69, 9.17) is 21.7 Å². The van der Waals surface area contributed by atoms with E-state index in [0.717, 1.165) is 18.5 Å². The fourth-order valence-corrected chi connectivity index (χ4v) is 1.66. The number of thiocarbonyl (C=S) groups is 1. The van der Waals surface area contributed by atoms with Gasteiger partial charge in [0.15, 0.2) is 16.6 Å². The molecule has 0 saturated carbocycles. The summed E-state index contributed by atoms with van der Waals surface area (Å²) in [7, 11) is 1.62. The highest BCUT2D eigenvalue weighted by molar-refractivity contribution is 7.80. The molecule has 0 atom stereocenters. The van der Waals surface area contributed by atoms with Crippen LogP contribution in [0.15, 0.2) is 23.3 Å². The Morgan fingerprint density at radius 2 is 2.15 bits per heavy atom. The first kappa shape index (κ1) is 16.2. The van der Waals surface area contributed by atoms with Gasteiger partial charge in [-0.05, 0) is 49.3 Å². The molecule has 0 unspecified atom stereocenters. The molecule has 0 fully saturated rings. The summed E-state index contributed by atoms with van der Waals surface area (Å²) in [5.41, 5.74) is 3.65. The minimum atomic E-state index is 0.500. The fourth-order valence-electron chi connectivity index (χ4n) is 1.46. The minimum Gasteiger partial charge on any atom is -0.493 e. The van der Waals surface area contributed by atoms with Gasteiger partial charge in [-0.1, -0.05) is 6.92 Å². The van der Waals surface area contributed by atoms with Crippen molar-refractivity contribution in [2.45, 2.75) is 20.3 Å². The first-order chi connectivity index (χ1) is 9.71. The number of rotatable bonds is 7. The van der Waals surface area contributed by atoms with Crippen molar-refractivity contribution >= 4 is 23.5 Å². The summed E-state index contributed by atoms with van der Waals surface area (Å²) in [5.74, 6) is 1.43. The highest BCUT2D eigenvalue weighted by Gasteiger charge is 2.04. The molecule has 1 aromatic carbocycles. The molecule has 110 valence electrons. The monoisotopic (exact) mass is 295 g/mol. The van der Waals surface area contributed by atoms with Crippen LogP contribution in [0.1, 0.15) is 25.8 Å². The number of ether oxygens (including phenoxy) is 2. The van der Waals surface area contributed by atoms with Crippen LogP contribution >= 0.6 is 12.2 Å². The average molecular weight is 295 g/mol. The summed E-state index contributed by atoms with van der Waals surface area (Å²) in [6.07, 6.45) is 2.63. The van der Waals surface area contributed by atoms with Crippen molar-refractivity contribution in [3.8, 4) is 11.5 Å². The summed E-state index contributed by atoms with van der Waals surface area (Å²) in [4.78, 5) is 0. The Kier molecular flexibility index (Phi) is 7.42. The van der Waals surface area contributed by atoms with Gasteiger partial charge in [0.1, 0.15) is 0 Å². The molecule has 0 radical (unpaired) electrons. The molecule has 0 aliphatic carbocycles. The van der Waals surface area contributed by atoms with E-state index in [0.29, 0.717) is 23.2 Å². The SMILES string of the molecule is CCCOc1cc(/C=N\NC(=S)NCC)ccc1OC. The van der Waals surface area contributed by atoms with Crippen LogP contribution in [0.3, 0.4) is 0 Å². The topological polar surface area (TPSA) is 54.9 Å². The number of hydrazone groups is 1. The van der Waals surface area contributed by atoms with Crippen LogP contribution in [-0.2, 0) is 0 Å². The maximum absolute atomic E-state index is 5.64. The first-order valence-corrected chi connectivity index (χ1v) is 6.99. The van der Waals surface area contributed by atoms with Crippen LogP contribution in [0.2, 0.25) is 0 Å². The van der Waals surface area contributed by atoms with E-state index in [-0.39, 0.29) is 0 Å². The second-order valence-corrected chi connectivity index (χ2v) is 4.40. The quantitative estimate of drug-likeness (QED) is 0.459. The molecule has 0 aromatic heterocycles. The van der Waals surface area contributed by atoms with Crippen LogP contribution in [0.25, 0.3) is 0 Å². The van der Waals surface area contributed by atoms with Crippen LogP contribution in [0, 0.1) is 0 Å². The normalized spacial score (nSPS) is 10.3. The molecular weight excluding hydrogens is 274 g/mol. The maximum atomic E-state index is 5.64. The lowest BCUT2D eigenvalue weighted by Gasteiger charge is -2.10. The molecule has 0 bridgehead atoms. The number of nitrogens with one attached hydrogen (secondary N) is 2. The lowest BCUT2D eigenvalue weighted by Crippen LogP contribution is -2.31. The number of hydrogen-bond donors (Lipinski definition) is 2. The third-order valence-corrected chi connectivity index (χ3v) is 2.60. The molecule has 1 rings (SSSR count). The van der Waals surface area contributed by atoms with Gasteiger partial charge >= 0.3 is 0 Å². The van der Waals surface area contributed by atoms with Gasteiger partial charge < -0.3 is 14.8 Å². The van der Waals surface area contributed by atoms with E-state index in [1.54, 1.807) is 13.3 Å². The second kappa shape index (κ2) is 9.14. The first-order valence-electron chi connectivity index (χ1n) is 6.59. The van der Waals surface area contributed by atoms with Crippen molar-refractivity contribution in [3.05, 3.63) is 23.8 Å². The Bertz CT molecular complexity index is 464. The van der Waals surface area contributed by atoms with E-state index in [1.165, 1.54) is 0 Å². The summed E-state index contributed by atoms with van der Waals surface area (Å²) in [6, 6.07) is 5.64. The molecule has 20 heavy (non-hydrogen) atoms. The summed E-state index contributed by atoms with van der Waals surface area (Å²) < 4.78 is 10.9. The van der Waals surface area contributed by atoms with Crippen molar-refractivity contribution in [1.82, 2.24) is 10.7 Å². The lowest BCUT2D eigenvalue weighted by molar-refractivity contribution is 0.294. The molecular formula is C14H21N3O2S. The third kappa shape index (κ3) is 5.44. The van der Waals surface area contributed by atoms with Crippen LogP contribution in [-0.4, -0.2) is 31.6 Å². The van der Waals surface area contributed by atoms with Gasteiger partial charge in [-0.3, -0.25) is 5.43 Å². The van der Waals surface area contributed by atoms with E-state index >= 15 is 0 Å². The predicted molar refractivity (Wildman–Crippen MR) is 85.8 cm³/mol. The molecule has 0 aliphatic rings. The van der Waals surface area contributed by atoms with Gasteiger partial charge in [-0.2, -0.15) is 5.10 Å². The summed E-state index contributed by atoms with van der Waals surface area (Å²) >= 11 is 5.01. The molecule has 1 aromatic rings. The zero-order chi connectivity index (χ0) is 14.8. The van der Waals surface area contributed by atoms with Gasteiger partial charge in [0, 0.05) is 6.54 Å².